The number of amides is 1. The average molecular weight is 467 g/mol. The molecule has 1 fully saturated rings. The van der Waals surface area contributed by atoms with Crippen LogP contribution in [0.5, 0.6) is 5.75 Å². The van der Waals surface area contributed by atoms with E-state index in [-0.39, 0.29) is 34.7 Å². The summed E-state index contributed by atoms with van der Waals surface area (Å²) in [6.45, 7) is -2.67. The number of ether oxygens (including phenoxy) is 1. The number of alkyl halides is 2. The Kier molecular flexibility index (Phi) is 7.84. The van der Waals surface area contributed by atoms with Gasteiger partial charge in [0.2, 0.25) is 10.0 Å². The Bertz CT molecular complexity index is 1020. The average Bonchev–Trinajstić information content (AvgIpc) is 2.79. The van der Waals surface area contributed by atoms with E-state index in [9.17, 15) is 22.0 Å². The van der Waals surface area contributed by atoms with Gasteiger partial charge < -0.3 is 9.64 Å². The van der Waals surface area contributed by atoms with Crippen molar-refractivity contribution in [3.63, 3.8) is 0 Å². The minimum Gasteiger partial charge on any atom is -0.435 e. The molecule has 0 saturated heterocycles. The summed E-state index contributed by atoms with van der Waals surface area (Å²) in [6, 6.07) is 12.1. The smallest absolute Gasteiger partial charge is 0.387 e. The monoisotopic (exact) mass is 466 g/mol. The lowest BCUT2D eigenvalue weighted by atomic mass is 9.96. The molecule has 2 aromatic rings. The Morgan fingerprint density at radius 2 is 1.72 bits per heavy atom. The summed E-state index contributed by atoms with van der Waals surface area (Å²) >= 11 is 0. The first-order valence-electron chi connectivity index (χ1n) is 10.6. The van der Waals surface area contributed by atoms with Gasteiger partial charge in [0.25, 0.3) is 5.91 Å². The van der Waals surface area contributed by atoms with Gasteiger partial charge in [0.15, 0.2) is 0 Å². The minimum atomic E-state index is -3.71. The number of halogens is 2. The van der Waals surface area contributed by atoms with E-state index in [2.05, 4.69) is 4.74 Å². The first kappa shape index (κ1) is 24.1. The van der Waals surface area contributed by atoms with Gasteiger partial charge in [0.1, 0.15) is 5.75 Å². The maximum Gasteiger partial charge on any atom is 0.387 e. The molecule has 32 heavy (non-hydrogen) atoms. The molecule has 0 heterocycles. The third kappa shape index (κ3) is 5.83. The number of carbonyl (C=O) groups excluding carboxylic acids is 1. The van der Waals surface area contributed by atoms with Crippen molar-refractivity contribution < 1.29 is 26.7 Å². The molecule has 0 atom stereocenters. The molecule has 174 valence electrons. The van der Waals surface area contributed by atoms with E-state index >= 15 is 0 Å². The number of benzene rings is 2. The number of nitrogens with zero attached hydrogens (tertiary/aromatic N) is 2. The SMILES string of the molecule is CN(Cc1ccc(OC(F)F)cc1)C(=O)c1cccc(S(=O)(=O)N(C)C2CCCCC2)c1. The number of rotatable bonds is 8. The van der Waals surface area contributed by atoms with Crippen molar-refractivity contribution in [1.29, 1.82) is 0 Å². The van der Waals surface area contributed by atoms with Crippen LogP contribution in [0.15, 0.2) is 53.4 Å². The van der Waals surface area contributed by atoms with E-state index < -0.39 is 16.6 Å². The standard InChI is InChI=1S/C23H28F2N2O4S/c1-26(16-17-11-13-20(14-12-17)31-23(24)25)22(28)18-7-6-10-21(15-18)32(29,30)27(2)19-8-4-3-5-9-19/h6-7,10-15,19,23H,3-5,8-9,16H2,1-2H3. The topological polar surface area (TPSA) is 66.9 Å². The zero-order valence-electron chi connectivity index (χ0n) is 18.2. The molecule has 0 aromatic heterocycles. The van der Waals surface area contributed by atoms with Crippen LogP contribution in [0.1, 0.15) is 48.0 Å². The summed E-state index contributed by atoms with van der Waals surface area (Å²) in [6.07, 6.45) is 4.85. The second kappa shape index (κ2) is 10.4. The molecule has 3 rings (SSSR count). The number of carbonyl (C=O) groups is 1. The Morgan fingerprint density at radius 1 is 1.06 bits per heavy atom. The van der Waals surface area contributed by atoms with Crippen LogP contribution in [0, 0.1) is 0 Å². The van der Waals surface area contributed by atoms with Crippen molar-refractivity contribution >= 4 is 15.9 Å². The minimum absolute atomic E-state index is 0.0206. The lowest BCUT2D eigenvalue weighted by molar-refractivity contribution is -0.0498. The van der Waals surface area contributed by atoms with E-state index in [1.165, 1.54) is 33.5 Å². The van der Waals surface area contributed by atoms with Crippen molar-refractivity contribution in [3.8, 4) is 5.75 Å². The quantitative estimate of drug-likeness (QED) is 0.574. The molecule has 2 aromatic carbocycles. The number of hydrogen-bond donors (Lipinski definition) is 0. The molecule has 0 unspecified atom stereocenters. The normalized spacial score (nSPS) is 15.2. The van der Waals surface area contributed by atoms with Crippen LogP contribution in [0.3, 0.4) is 0 Å². The first-order valence-corrected chi connectivity index (χ1v) is 12.0. The van der Waals surface area contributed by atoms with Crippen LogP contribution < -0.4 is 4.74 Å². The molecule has 0 aliphatic heterocycles. The Morgan fingerprint density at radius 3 is 2.34 bits per heavy atom. The Hall–Kier alpha value is -2.52. The van der Waals surface area contributed by atoms with Crippen molar-refractivity contribution in [2.24, 2.45) is 0 Å². The molecule has 0 bridgehead atoms. The van der Waals surface area contributed by atoms with E-state index in [4.69, 9.17) is 0 Å². The van der Waals surface area contributed by atoms with Crippen molar-refractivity contribution in [1.82, 2.24) is 9.21 Å². The molecule has 1 saturated carbocycles. The van der Waals surface area contributed by atoms with Crippen LogP contribution in [0.2, 0.25) is 0 Å². The third-order valence-corrected chi connectivity index (χ3v) is 7.67. The van der Waals surface area contributed by atoms with Crippen molar-refractivity contribution in [3.05, 3.63) is 59.7 Å². The molecular weight excluding hydrogens is 438 g/mol. The van der Waals surface area contributed by atoms with Gasteiger partial charge in [0, 0.05) is 32.2 Å². The molecule has 9 heteroatoms. The van der Waals surface area contributed by atoms with Crippen LogP contribution in [-0.4, -0.2) is 50.3 Å². The van der Waals surface area contributed by atoms with Gasteiger partial charge >= 0.3 is 6.61 Å². The fourth-order valence-electron chi connectivity index (χ4n) is 3.94. The van der Waals surface area contributed by atoms with E-state index in [1.54, 1.807) is 38.4 Å². The second-order valence-corrected chi connectivity index (χ2v) is 10.0. The van der Waals surface area contributed by atoms with E-state index in [0.29, 0.717) is 0 Å². The Balaban J connectivity index is 1.71. The highest BCUT2D eigenvalue weighted by Gasteiger charge is 2.29. The molecule has 1 amide bonds. The summed E-state index contributed by atoms with van der Waals surface area (Å²) in [4.78, 5) is 14.4. The maximum atomic E-state index is 13.1. The summed E-state index contributed by atoms with van der Waals surface area (Å²) in [5.41, 5.74) is 0.992. The molecule has 1 aliphatic rings. The summed E-state index contributed by atoms with van der Waals surface area (Å²) in [5.74, 6) is -0.298. The molecule has 0 N–H and O–H groups in total. The maximum absolute atomic E-state index is 13.1. The van der Waals surface area contributed by atoms with Gasteiger partial charge in [-0.05, 0) is 48.7 Å². The molecule has 1 aliphatic carbocycles. The van der Waals surface area contributed by atoms with E-state index in [1.807, 2.05) is 0 Å². The fraction of sp³-hybridized carbons (Fsp3) is 0.435. The van der Waals surface area contributed by atoms with Gasteiger partial charge in [0.05, 0.1) is 4.90 Å². The molecule has 6 nitrogen and oxygen atoms in total. The van der Waals surface area contributed by atoms with Gasteiger partial charge in [-0.25, -0.2) is 8.42 Å². The molecule has 0 spiro atoms. The summed E-state index contributed by atoms with van der Waals surface area (Å²) in [5, 5.41) is 0. The van der Waals surface area contributed by atoms with Crippen LogP contribution in [-0.2, 0) is 16.6 Å². The lowest BCUT2D eigenvalue weighted by Crippen LogP contribution is -2.38. The second-order valence-electron chi connectivity index (χ2n) is 8.02. The summed E-state index contributed by atoms with van der Waals surface area (Å²) < 4.78 is 56.5. The predicted molar refractivity (Wildman–Crippen MR) is 117 cm³/mol. The van der Waals surface area contributed by atoms with Crippen molar-refractivity contribution in [2.75, 3.05) is 14.1 Å². The highest BCUT2D eigenvalue weighted by atomic mass is 32.2. The van der Waals surface area contributed by atoms with Crippen LogP contribution in [0.25, 0.3) is 0 Å². The lowest BCUT2D eigenvalue weighted by Gasteiger charge is -2.30. The van der Waals surface area contributed by atoms with Gasteiger partial charge in [-0.3, -0.25) is 4.79 Å². The third-order valence-electron chi connectivity index (χ3n) is 5.76. The van der Waals surface area contributed by atoms with Crippen LogP contribution >= 0.6 is 0 Å². The van der Waals surface area contributed by atoms with Gasteiger partial charge in [-0.1, -0.05) is 37.5 Å². The zero-order valence-corrected chi connectivity index (χ0v) is 19.0. The first-order chi connectivity index (χ1) is 15.2. The molecule has 0 radical (unpaired) electrons. The van der Waals surface area contributed by atoms with Crippen molar-refractivity contribution in [2.45, 2.75) is 56.2 Å². The zero-order chi connectivity index (χ0) is 23.3. The molecular formula is C23H28F2N2O4S. The highest BCUT2D eigenvalue weighted by Crippen LogP contribution is 2.27. The van der Waals surface area contributed by atoms with Gasteiger partial charge in [-0.2, -0.15) is 13.1 Å². The fourth-order valence-corrected chi connectivity index (χ4v) is 5.40. The van der Waals surface area contributed by atoms with Crippen LogP contribution in [0.4, 0.5) is 8.78 Å². The summed E-state index contributed by atoms with van der Waals surface area (Å²) in [7, 11) is -0.504. The predicted octanol–water partition coefficient (Wildman–Crippen LogP) is 4.51. The van der Waals surface area contributed by atoms with E-state index in [0.717, 1.165) is 37.7 Å². The van der Waals surface area contributed by atoms with Gasteiger partial charge in [-0.15, -0.1) is 0 Å². The largest absolute Gasteiger partial charge is 0.435 e. The number of hydrogen-bond acceptors (Lipinski definition) is 4. The number of sulfonamides is 1. The Labute approximate surface area is 187 Å². The highest BCUT2D eigenvalue weighted by molar-refractivity contribution is 7.89.